The van der Waals surface area contributed by atoms with Crippen molar-refractivity contribution in [2.24, 2.45) is 0 Å². The Kier molecular flexibility index (Phi) is 5.48. The zero-order valence-corrected chi connectivity index (χ0v) is 17.9. The highest BCUT2D eigenvalue weighted by Crippen LogP contribution is 2.29. The maximum absolute atomic E-state index is 12.9. The molecule has 0 N–H and O–H groups in total. The third-order valence-electron chi connectivity index (χ3n) is 4.71. The number of sulfonamides is 1. The van der Waals surface area contributed by atoms with Crippen molar-refractivity contribution < 1.29 is 17.6 Å². The van der Waals surface area contributed by atoms with Gasteiger partial charge in [-0.1, -0.05) is 11.6 Å². The fraction of sp³-hybridized carbons (Fsp3) is 0.263. The van der Waals surface area contributed by atoms with Crippen LogP contribution < -0.4 is 0 Å². The standard InChI is InChI=1S/C19H18ClN3O4S2/c1-13-17(21-18(28-13)16-3-2-12-27-16)19(24)22-8-10-23(11-9-22)29(25,26)15-6-4-14(20)5-7-15/h2-7,12H,8-11H2,1H3. The minimum Gasteiger partial charge on any atom is -0.462 e. The molecule has 0 bridgehead atoms. The minimum absolute atomic E-state index is 0.194. The van der Waals surface area contributed by atoms with Crippen molar-refractivity contribution in [3.05, 3.63) is 58.3 Å². The Morgan fingerprint density at radius 3 is 2.45 bits per heavy atom. The normalized spacial score (nSPS) is 15.6. The smallest absolute Gasteiger partial charge is 0.273 e. The predicted octanol–water partition coefficient (Wildman–Crippen LogP) is 3.51. The highest BCUT2D eigenvalue weighted by molar-refractivity contribution is 7.89. The molecule has 0 aliphatic carbocycles. The number of halogens is 1. The van der Waals surface area contributed by atoms with Crippen LogP contribution in [0, 0.1) is 6.92 Å². The summed E-state index contributed by atoms with van der Waals surface area (Å²) in [5.41, 5.74) is 0.385. The number of aryl methyl sites for hydroxylation is 1. The van der Waals surface area contributed by atoms with E-state index in [1.807, 2.05) is 6.92 Å². The van der Waals surface area contributed by atoms with Crippen molar-refractivity contribution in [2.45, 2.75) is 11.8 Å². The average Bonchev–Trinajstić information content (AvgIpc) is 3.37. The summed E-state index contributed by atoms with van der Waals surface area (Å²) in [4.78, 5) is 20.0. The van der Waals surface area contributed by atoms with Crippen molar-refractivity contribution in [3.63, 3.8) is 0 Å². The van der Waals surface area contributed by atoms with Gasteiger partial charge in [-0.2, -0.15) is 4.31 Å². The molecular weight excluding hydrogens is 434 g/mol. The SMILES string of the molecule is Cc1sc(-c2ccco2)nc1C(=O)N1CCN(S(=O)(=O)c2ccc(Cl)cc2)CC1. The molecule has 1 fully saturated rings. The molecule has 0 saturated carbocycles. The van der Waals surface area contributed by atoms with Gasteiger partial charge in [0.2, 0.25) is 10.0 Å². The largest absolute Gasteiger partial charge is 0.462 e. The summed E-state index contributed by atoms with van der Waals surface area (Å²) in [5, 5.41) is 1.13. The molecule has 1 saturated heterocycles. The highest BCUT2D eigenvalue weighted by Gasteiger charge is 2.31. The molecule has 1 aliphatic heterocycles. The van der Waals surface area contributed by atoms with Crippen molar-refractivity contribution in [1.82, 2.24) is 14.2 Å². The molecule has 3 aromatic rings. The van der Waals surface area contributed by atoms with E-state index in [2.05, 4.69) is 4.98 Å². The number of benzene rings is 1. The molecule has 3 heterocycles. The van der Waals surface area contributed by atoms with Gasteiger partial charge in [-0.25, -0.2) is 13.4 Å². The summed E-state index contributed by atoms with van der Waals surface area (Å²) < 4.78 is 32.3. The molecule has 7 nitrogen and oxygen atoms in total. The summed E-state index contributed by atoms with van der Waals surface area (Å²) in [6, 6.07) is 9.65. The molecule has 0 atom stereocenters. The van der Waals surface area contributed by atoms with Crippen LogP contribution in [0.4, 0.5) is 0 Å². The lowest BCUT2D eigenvalue weighted by Gasteiger charge is -2.33. The molecule has 4 rings (SSSR count). The molecule has 29 heavy (non-hydrogen) atoms. The van der Waals surface area contributed by atoms with Gasteiger partial charge in [0.15, 0.2) is 10.8 Å². The average molecular weight is 452 g/mol. The van der Waals surface area contributed by atoms with Crippen molar-refractivity contribution in [2.75, 3.05) is 26.2 Å². The minimum atomic E-state index is -3.62. The zero-order valence-electron chi connectivity index (χ0n) is 15.5. The lowest BCUT2D eigenvalue weighted by atomic mass is 10.3. The van der Waals surface area contributed by atoms with Gasteiger partial charge >= 0.3 is 0 Å². The zero-order chi connectivity index (χ0) is 20.6. The van der Waals surface area contributed by atoms with Crippen LogP contribution in [0.1, 0.15) is 15.4 Å². The lowest BCUT2D eigenvalue weighted by Crippen LogP contribution is -2.50. The molecule has 0 radical (unpaired) electrons. The third kappa shape index (κ3) is 3.95. The van der Waals surface area contributed by atoms with E-state index in [-0.39, 0.29) is 23.9 Å². The second-order valence-electron chi connectivity index (χ2n) is 6.55. The molecule has 2 aromatic heterocycles. The third-order valence-corrected chi connectivity index (χ3v) is 7.86. The van der Waals surface area contributed by atoms with Crippen molar-refractivity contribution >= 4 is 38.9 Å². The summed E-state index contributed by atoms with van der Waals surface area (Å²) >= 11 is 7.24. The lowest BCUT2D eigenvalue weighted by molar-refractivity contribution is 0.0692. The van der Waals surface area contributed by atoms with Gasteiger partial charge in [0.1, 0.15) is 5.69 Å². The van der Waals surface area contributed by atoms with E-state index in [4.69, 9.17) is 16.0 Å². The predicted molar refractivity (Wildman–Crippen MR) is 111 cm³/mol. The number of hydrogen-bond donors (Lipinski definition) is 0. The van der Waals surface area contributed by atoms with Crippen LogP contribution in [0.25, 0.3) is 10.8 Å². The number of nitrogens with zero attached hydrogens (tertiary/aromatic N) is 3. The first-order valence-corrected chi connectivity index (χ1v) is 11.6. The van der Waals surface area contributed by atoms with Gasteiger partial charge in [-0.15, -0.1) is 11.3 Å². The van der Waals surface area contributed by atoms with Gasteiger partial charge in [0, 0.05) is 36.1 Å². The topological polar surface area (TPSA) is 83.7 Å². The Hall–Kier alpha value is -2.20. The van der Waals surface area contributed by atoms with E-state index in [0.29, 0.717) is 34.6 Å². The van der Waals surface area contributed by atoms with Crippen LogP contribution in [0.15, 0.2) is 52.0 Å². The van der Waals surface area contributed by atoms with Gasteiger partial charge < -0.3 is 9.32 Å². The monoisotopic (exact) mass is 451 g/mol. The number of thiazole rings is 1. The van der Waals surface area contributed by atoms with Crippen LogP contribution in [-0.4, -0.2) is 54.7 Å². The number of piperazine rings is 1. The van der Waals surface area contributed by atoms with Crippen LogP contribution in [0.2, 0.25) is 5.02 Å². The Labute approximate surface area is 177 Å². The maximum atomic E-state index is 12.9. The molecule has 0 unspecified atom stereocenters. The molecular formula is C19H18ClN3O4S2. The van der Waals surface area contributed by atoms with E-state index in [1.54, 1.807) is 35.4 Å². The van der Waals surface area contributed by atoms with Gasteiger partial charge in [0.05, 0.1) is 11.2 Å². The van der Waals surface area contributed by atoms with Crippen molar-refractivity contribution in [1.29, 1.82) is 0 Å². The first-order valence-electron chi connectivity index (χ1n) is 8.92. The van der Waals surface area contributed by atoms with E-state index in [1.165, 1.54) is 27.8 Å². The molecule has 1 aliphatic rings. The fourth-order valence-electron chi connectivity index (χ4n) is 3.14. The highest BCUT2D eigenvalue weighted by atomic mass is 35.5. The van der Waals surface area contributed by atoms with Crippen LogP contribution in [-0.2, 0) is 10.0 Å². The molecule has 10 heteroatoms. The van der Waals surface area contributed by atoms with Gasteiger partial charge in [-0.05, 0) is 43.3 Å². The number of aromatic nitrogens is 1. The second-order valence-corrected chi connectivity index (χ2v) is 10.1. The summed E-state index contributed by atoms with van der Waals surface area (Å²) in [6.07, 6.45) is 1.56. The Morgan fingerprint density at radius 1 is 1.14 bits per heavy atom. The fourth-order valence-corrected chi connectivity index (χ4v) is 5.56. The van der Waals surface area contributed by atoms with E-state index in [9.17, 15) is 13.2 Å². The Morgan fingerprint density at radius 2 is 1.83 bits per heavy atom. The number of hydrogen-bond acceptors (Lipinski definition) is 6. The van der Waals surface area contributed by atoms with E-state index in [0.717, 1.165) is 4.88 Å². The van der Waals surface area contributed by atoms with E-state index < -0.39 is 10.0 Å². The van der Waals surface area contributed by atoms with Crippen LogP contribution in [0.3, 0.4) is 0 Å². The summed E-state index contributed by atoms with van der Waals surface area (Å²) in [6.45, 7) is 2.91. The maximum Gasteiger partial charge on any atom is 0.273 e. The van der Waals surface area contributed by atoms with Crippen molar-refractivity contribution in [3.8, 4) is 10.8 Å². The molecule has 1 aromatic carbocycles. The number of furan rings is 1. The van der Waals surface area contributed by atoms with Crippen LogP contribution in [0.5, 0.6) is 0 Å². The molecule has 0 spiro atoms. The Bertz CT molecular complexity index is 1120. The Balaban J connectivity index is 1.46. The van der Waals surface area contributed by atoms with E-state index >= 15 is 0 Å². The number of rotatable bonds is 4. The number of amides is 1. The number of carbonyl (C=O) groups excluding carboxylic acids is 1. The van der Waals surface area contributed by atoms with Gasteiger partial charge in [0.25, 0.3) is 5.91 Å². The quantitative estimate of drug-likeness (QED) is 0.606. The summed E-state index contributed by atoms with van der Waals surface area (Å²) in [7, 11) is -3.62. The molecule has 152 valence electrons. The van der Waals surface area contributed by atoms with Gasteiger partial charge in [-0.3, -0.25) is 4.79 Å². The number of carbonyl (C=O) groups is 1. The first kappa shape index (κ1) is 20.1. The summed E-state index contributed by atoms with van der Waals surface area (Å²) in [5.74, 6) is 0.427. The molecule has 1 amide bonds. The second kappa shape index (κ2) is 7.91. The first-order chi connectivity index (χ1) is 13.9. The van der Waals surface area contributed by atoms with Crippen LogP contribution >= 0.6 is 22.9 Å².